The molecule has 0 spiro atoms. The summed E-state index contributed by atoms with van der Waals surface area (Å²) in [5.41, 5.74) is 1.15. The van der Waals surface area contributed by atoms with Gasteiger partial charge in [0.25, 0.3) is 5.91 Å². The Bertz CT molecular complexity index is 698. The maximum absolute atomic E-state index is 11.8. The van der Waals surface area contributed by atoms with Crippen LogP contribution < -0.4 is 15.4 Å². The quantitative estimate of drug-likeness (QED) is 0.855. The summed E-state index contributed by atoms with van der Waals surface area (Å²) in [5.74, 6) is 0.0193. The van der Waals surface area contributed by atoms with Crippen molar-refractivity contribution in [3.8, 4) is 5.75 Å². The van der Waals surface area contributed by atoms with E-state index in [0.29, 0.717) is 27.2 Å². The molecule has 0 fully saturated rings. The van der Waals surface area contributed by atoms with Gasteiger partial charge in [0.1, 0.15) is 5.75 Å². The number of nitrogens with one attached hydrogen (secondary N) is 2. The van der Waals surface area contributed by atoms with Gasteiger partial charge in [0.05, 0.1) is 0 Å². The van der Waals surface area contributed by atoms with Gasteiger partial charge in [-0.3, -0.25) is 9.59 Å². The van der Waals surface area contributed by atoms with Gasteiger partial charge >= 0.3 is 0 Å². The molecule has 0 aromatic heterocycles. The molecule has 120 valence electrons. The van der Waals surface area contributed by atoms with Crippen LogP contribution in [0, 0.1) is 0 Å². The second-order valence-electron chi connectivity index (χ2n) is 4.70. The molecular formula is C16H14Cl2N2O3. The fraction of sp³-hybridized carbons (Fsp3) is 0.125. The standard InChI is InChI=1S/C16H14Cl2N2O3/c1-10(21)19-13-2-4-15(5-3-13)23-9-16(22)20-14-7-11(17)6-12(18)8-14/h2-8H,9H2,1H3,(H,19,21)(H,20,22). The zero-order chi connectivity index (χ0) is 16.8. The van der Waals surface area contributed by atoms with Crippen molar-refractivity contribution in [3.63, 3.8) is 0 Å². The summed E-state index contributed by atoms with van der Waals surface area (Å²) in [6.45, 7) is 1.26. The summed E-state index contributed by atoms with van der Waals surface area (Å²) in [6.07, 6.45) is 0. The number of carbonyl (C=O) groups is 2. The number of benzene rings is 2. The van der Waals surface area contributed by atoms with E-state index < -0.39 is 0 Å². The second kappa shape index (κ2) is 7.85. The Kier molecular flexibility index (Phi) is 5.84. The Morgan fingerprint density at radius 2 is 1.57 bits per heavy atom. The summed E-state index contributed by atoms with van der Waals surface area (Å²) in [6, 6.07) is 11.5. The lowest BCUT2D eigenvalue weighted by atomic mass is 10.3. The molecule has 2 aromatic rings. The van der Waals surface area contributed by atoms with Gasteiger partial charge in [0.2, 0.25) is 5.91 Å². The van der Waals surface area contributed by atoms with Crippen molar-refractivity contribution in [2.75, 3.05) is 17.2 Å². The predicted octanol–water partition coefficient (Wildman–Crippen LogP) is 3.97. The van der Waals surface area contributed by atoms with E-state index in [1.807, 2.05) is 0 Å². The number of hydrogen-bond donors (Lipinski definition) is 2. The maximum atomic E-state index is 11.8. The van der Waals surface area contributed by atoms with Crippen LogP contribution in [0.25, 0.3) is 0 Å². The first-order valence-corrected chi connectivity index (χ1v) is 7.44. The molecule has 0 bridgehead atoms. The van der Waals surface area contributed by atoms with Crippen molar-refractivity contribution in [2.24, 2.45) is 0 Å². The fourth-order valence-electron chi connectivity index (χ4n) is 1.81. The third kappa shape index (κ3) is 5.81. The lowest BCUT2D eigenvalue weighted by Crippen LogP contribution is -2.20. The van der Waals surface area contributed by atoms with E-state index in [-0.39, 0.29) is 18.4 Å². The van der Waals surface area contributed by atoms with Gasteiger partial charge in [-0.05, 0) is 42.5 Å². The summed E-state index contributed by atoms with van der Waals surface area (Å²) >= 11 is 11.7. The van der Waals surface area contributed by atoms with Crippen molar-refractivity contribution in [1.82, 2.24) is 0 Å². The summed E-state index contributed by atoms with van der Waals surface area (Å²) in [4.78, 5) is 22.8. The lowest BCUT2D eigenvalue weighted by Gasteiger charge is -2.09. The highest BCUT2D eigenvalue weighted by molar-refractivity contribution is 6.35. The van der Waals surface area contributed by atoms with Gasteiger partial charge < -0.3 is 15.4 Å². The van der Waals surface area contributed by atoms with Crippen LogP contribution in [0.4, 0.5) is 11.4 Å². The number of anilines is 2. The van der Waals surface area contributed by atoms with Crippen LogP contribution in [0.1, 0.15) is 6.92 Å². The first kappa shape index (κ1) is 17.1. The minimum atomic E-state index is -0.339. The van der Waals surface area contributed by atoms with Crippen LogP contribution in [-0.4, -0.2) is 18.4 Å². The lowest BCUT2D eigenvalue weighted by molar-refractivity contribution is -0.118. The monoisotopic (exact) mass is 352 g/mol. The predicted molar refractivity (Wildman–Crippen MR) is 91.3 cm³/mol. The zero-order valence-electron chi connectivity index (χ0n) is 12.2. The minimum Gasteiger partial charge on any atom is -0.484 e. The topological polar surface area (TPSA) is 67.4 Å². The van der Waals surface area contributed by atoms with Gasteiger partial charge in [-0.15, -0.1) is 0 Å². The SMILES string of the molecule is CC(=O)Nc1ccc(OCC(=O)Nc2cc(Cl)cc(Cl)c2)cc1. The minimum absolute atomic E-state index is 0.154. The maximum Gasteiger partial charge on any atom is 0.262 e. The highest BCUT2D eigenvalue weighted by Crippen LogP contribution is 2.22. The molecule has 23 heavy (non-hydrogen) atoms. The summed E-state index contributed by atoms with van der Waals surface area (Å²) in [7, 11) is 0. The van der Waals surface area contributed by atoms with E-state index in [0.717, 1.165) is 0 Å². The van der Waals surface area contributed by atoms with E-state index in [4.69, 9.17) is 27.9 Å². The number of carbonyl (C=O) groups excluding carboxylic acids is 2. The first-order chi connectivity index (χ1) is 10.9. The van der Waals surface area contributed by atoms with Gasteiger partial charge in [-0.25, -0.2) is 0 Å². The number of amides is 2. The molecule has 0 aliphatic rings. The Balaban J connectivity index is 1.87. The summed E-state index contributed by atoms with van der Waals surface area (Å²) < 4.78 is 5.37. The molecular weight excluding hydrogens is 339 g/mol. The number of halogens is 2. The molecule has 0 atom stereocenters. The van der Waals surface area contributed by atoms with E-state index in [2.05, 4.69) is 10.6 Å². The smallest absolute Gasteiger partial charge is 0.262 e. The molecule has 0 aliphatic heterocycles. The molecule has 0 unspecified atom stereocenters. The molecule has 2 amide bonds. The van der Waals surface area contributed by atoms with Gasteiger partial charge in [0.15, 0.2) is 6.61 Å². The van der Waals surface area contributed by atoms with Crippen LogP contribution in [0.5, 0.6) is 5.75 Å². The molecule has 2 N–H and O–H groups in total. The molecule has 0 saturated heterocycles. The van der Waals surface area contributed by atoms with Gasteiger partial charge in [-0.2, -0.15) is 0 Å². The van der Waals surface area contributed by atoms with Crippen molar-refractivity contribution >= 4 is 46.4 Å². The average molecular weight is 353 g/mol. The van der Waals surface area contributed by atoms with Crippen LogP contribution in [-0.2, 0) is 9.59 Å². The fourth-order valence-corrected chi connectivity index (χ4v) is 2.34. The Labute approximate surface area is 143 Å². The molecule has 7 heteroatoms. The molecule has 5 nitrogen and oxygen atoms in total. The van der Waals surface area contributed by atoms with Crippen molar-refractivity contribution in [2.45, 2.75) is 6.92 Å². The van der Waals surface area contributed by atoms with Crippen molar-refractivity contribution in [3.05, 3.63) is 52.5 Å². The van der Waals surface area contributed by atoms with Crippen LogP contribution in [0.15, 0.2) is 42.5 Å². The van der Waals surface area contributed by atoms with E-state index in [9.17, 15) is 9.59 Å². The third-order valence-corrected chi connectivity index (χ3v) is 3.13. The zero-order valence-corrected chi connectivity index (χ0v) is 13.7. The normalized spacial score (nSPS) is 10.0. The highest BCUT2D eigenvalue weighted by Gasteiger charge is 2.06. The van der Waals surface area contributed by atoms with Crippen LogP contribution in [0.2, 0.25) is 10.0 Å². The second-order valence-corrected chi connectivity index (χ2v) is 5.57. The number of rotatable bonds is 5. The van der Waals surface area contributed by atoms with Crippen LogP contribution >= 0.6 is 23.2 Å². The summed E-state index contributed by atoms with van der Waals surface area (Å²) in [5, 5.41) is 6.15. The molecule has 0 radical (unpaired) electrons. The van der Waals surface area contributed by atoms with Gasteiger partial charge in [-0.1, -0.05) is 23.2 Å². The first-order valence-electron chi connectivity index (χ1n) is 6.69. The van der Waals surface area contributed by atoms with Gasteiger partial charge in [0, 0.05) is 28.3 Å². The molecule has 0 aliphatic carbocycles. The number of ether oxygens (including phenoxy) is 1. The molecule has 2 rings (SSSR count). The third-order valence-electron chi connectivity index (χ3n) is 2.69. The van der Waals surface area contributed by atoms with E-state index in [1.165, 1.54) is 6.92 Å². The highest BCUT2D eigenvalue weighted by atomic mass is 35.5. The largest absolute Gasteiger partial charge is 0.484 e. The van der Waals surface area contributed by atoms with E-state index >= 15 is 0 Å². The van der Waals surface area contributed by atoms with Crippen LogP contribution in [0.3, 0.4) is 0 Å². The van der Waals surface area contributed by atoms with Crippen molar-refractivity contribution < 1.29 is 14.3 Å². The molecule has 0 saturated carbocycles. The Hall–Kier alpha value is -2.24. The Morgan fingerprint density at radius 3 is 2.13 bits per heavy atom. The Morgan fingerprint density at radius 1 is 0.957 bits per heavy atom. The van der Waals surface area contributed by atoms with Crippen molar-refractivity contribution in [1.29, 1.82) is 0 Å². The number of hydrogen-bond acceptors (Lipinski definition) is 3. The van der Waals surface area contributed by atoms with E-state index in [1.54, 1.807) is 42.5 Å². The molecule has 0 heterocycles. The average Bonchev–Trinajstić information content (AvgIpc) is 2.45. The molecule has 2 aromatic carbocycles.